The van der Waals surface area contributed by atoms with Gasteiger partial charge in [0.2, 0.25) is 0 Å². The van der Waals surface area contributed by atoms with Gasteiger partial charge in [0.1, 0.15) is 0 Å². The highest BCUT2D eigenvalue weighted by Crippen LogP contribution is 2.49. The Morgan fingerprint density at radius 1 is 0.321 bits per heavy atom. The molecule has 2 heterocycles. The molecule has 0 aliphatic rings. The molecule has 0 atom stereocenters. The van der Waals surface area contributed by atoms with Crippen molar-refractivity contribution in [1.29, 1.82) is 0 Å². The molecule has 11 aromatic rings. The van der Waals surface area contributed by atoms with Crippen molar-refractivity contribution in [2.45, 2.75) is 0 Å². The molecule has 2 aromatic heterocycles. The maximum atomic E-state index is 4.49. The summed E-state index contributed by atoms with van der Waals surface area (Å²) in [6.45, 7) is 0. The van der Waals surface area contributed by atoms with Crippen LogP contribution in [0.3, 0.4) is 0 Å². The third-order valence-electron chi connectivity index (χ3n) is 10.9. The number of benzene rings is 9. The second-order valence-electron chi connectivity index (χ2n) is 13.8. The fraction of sp³-hybridized carbons (Fsp3) is 0. The summed E-state index contributed by atoms with van der Waals surface area (Å²) in [6.07, 6.45) is 3.83. The number of hydrogen-bond donors (Lipinski definition) is 0. The second-order valence-corrected chi connectivity index (χ2v) is 14.9. The molecule has 246 valence electrons. The van der Waals surface area contributed by atoms with Gasteiger partial charge in [0.05, 0.1) is 0 Å². The molecule has 0 spiro atoms. The van der Waals surface area contributed by atoms with E-state index in [-0.39, 0.29) is 0 Å². The van der Waals surface area contributed by atoms with Crippen LogP contribution >= 0.6 is 11.3 Å². The van der Waals surface area contributed by atoms with Crippen LogP contribution < -0.4 is 0 Å². The maximum absolute atomic E-state index is 4.49. The molecule has 2 heteroatoms. The summed E-state index contributed by atoms with van der Waals surface area (Å²) in [6, 6.07) is 64.6. The average Bonchev–Trinajstić information content (AvgIpc) is 3.61. The van der Waals surface area contributed by atoms with Gasteiger partial charge in [0.15, 0.2) is 0 Å². The average molecular weight is 690 g/mol. The molecule has 0 N–H and O–H groups in total. The molecule has 0 saturated carbocycles. The molecule has 0 amide bonds. The van der Waals surface area contributed by atoms with Gasteiger partial charge in [0, 0.05) is 38.1 Å². The maximum Gasteiger partial charge on any atom is 0.0361 e. The predicted molar refractivity (Wildman–Crippen MR) is 229 cm³/mol. The summed E-state index contributed by atoms with van der Waals surface area (Å²) in [5.41, 5.74) is 10.00. The zero-order chi connectivity index (χ0) is 34.9. The first-order valence-corrected chi connectivity index (χ1v) is 18.9. The van der Waals surface area contributed by atoms with E-state index in [1.165, 1.54) is 102 Å². The van der Waals surface area contributed by atoms with E-state index in [1.807, 2.05) is 29.8 Å². The van der Waals surface area contributed by atoms with Crippen LogP contribution in [0.1, 0.15) is 0 Å². The number of fused-ring (bicyclic) bond motifs is 7. The van der Waals surface area contributed by atoms with Gasteiger partial charge in [-0.15, -0.1) is 11.3 Å². The fourth-order valence-corrected chi connectivity index (χ4v) is 9.96. The highest BCUT2D eigenvalue weighted by Gasteiger charge is 2.21. The third kappa shape index (κ3) is 4.59. The first-order chi connectivity index (χ1) is 26.3. The Morgan fingerprint density at radius 3 is 1.36 bits per heavy atom. The summed E-state index contributed by atoms with van der Waals surface area (Å²) >= 11 is 1.89. The molecular formula is C51H31NS. The number of rotatable bonds is 4. The Kier molecular flexibility index (Phi) is 6.80. The fourth-order valence-electron chi connectivity index (χ4n) is 8.79. The summed E-state index contributed by atoms with van der Waals surface area (Å²) < 4.78 is 2.60. The van der Waals surface area contributed by atoms with Crippen molar-refractivity contribution < 1.29 is 0 Å². The molecule has 9 aromatic carbocycles. The minimum absolute atomic E-state index is 1.13. The van der Waals surface area contributed by atoms with Crippen LogP contribution in [0.25, 0.3) is 108 Å². The monoisotopic (exact) mass is 689 g/mol. The van der Waals surface area contributed by atoms with Gasteiger partial charge in [-0.1, -0.05) is 158 Å². The molecule has 0 aliphatic carbocycles. The van der Waals surface area contributed by atoms with E-state index in [9.17, 15) is 0 Å². The second kappa shape index (κ2) is 12.0. The van der Waals surface area contributed by atoms with Crippen molar-refractivity contribution in [3.63, 3.8) is 0 Å². The van der Waals surface area contributed by atoms with Crippen LogP contribution in [-0.2, 0) is 0 Å². The number of aromatic nitrogens is 1. The number of nitrogens with zero attached hydrogens (tertiary/aromatic N) is 1. The van der Waals surface area contributed by atoms with Crippen molar-refractivity contribution in [2.75, 3.05) is 0 Å². The lowest BCUT2D eigenvalue weighted by molar-refractivity contribution is 1.33. The van der Waals surface area contributed by atoms with E-state index in [1.54, 1.807) is 0 Å². The molecule has 0 radical (unpaired) electrons. The number of hydrogen-bond acceptors (Lipinski definition) is 2. The van der Waals surface area contributed by atoms with Crippen molar-refractivity contribution in [2.24, 2.45) is 0 Å². The molecule has 53 heavy (non-hydrogen) atoms. The van der Waals surface area contributed by atoms with Gasteiger partial charge < -0.3 is 0 Å². The lowest BCUT2D eigenvalue weighted by Gasteiger charge is -2.18. The molecule has 0 saturated heterocycles. The Labute approximate surface area is 311 Å². The van der Waals surface area contributed by atoms with Crippen LogP contribution in [0.4, 0.5) is 0 Å². The summed E-state index contributed by atoms with van der Waals surface area (Å²) in [5, 5.41) is 12.7. The Morgan fingerprint density at radius 2 is 0.811 bits per heavy atom. The molecule has 1 nitrogen and oxygen atoms in total. The van der Waals surface area contributed by atoms with Crippen LogP contribution in [0.5, 0.6) is 0 Å². The molecule has 0 aliphatic heterocycles. The molecular weight excluding hydrogens is 659 g/mol. The summed E-state index contributed by atoms with van der Waals surface area (Å²) in [7, 11) is 0. The quantitative estimate of drug-likeness (QED) is 0.168. The van der Waals surface area contributed by atoms with Crippen molar-refractivity contribution in [3.8, 4) is 44.5 Å². The smallest absolute Gasteiger partial charge is 0.0361 e. The van der Waals surface area contributed by atoms with Gasteiger partial charge in [-0.3, -0.25) is 4.98 Å². The first kappa shape index (κ1) is 30.1. The van der Waals surface area contributed by atoms with Gasteiger partial charge in [0.25, 0.3) is 0 Å². The lowest BCUT2D eigenvalue weighted by atomic mass is 9.84. The van der Waals surface area contributed by atoms with Crippen molar-refractivity contribution in [3.05, 3.63) is 188 Å². The van der Waals surface area contributed by atoms with Gasteiger partial charge >= 0.3 is 0 Å². The molecule has 0 bridgehead atoms. The largest absolute Gasteiger partial charge is 0.264 e. The van der Waals surface area contributed by atoms with Crippen molar-refractivity contribution in [1.82, 2.24) is 4.98 Å². The minimum Gasteiger partial charge on any atom is -0.264 e. The number of thiophene rings is 1. The van der Waals surface area contributed by atoms with E-state index in [0.29, 0.717) is 0 Å². The number of pyridine rings is 1. The SMILES string of the molecule is c1ccc(-c2c3ccccc3c(-c3cccc4sc5cc(-c6c7ccccc7c(-c7cccnc7)c7ccccc67)ccc5c34)c3ccccc23)cc1. The Balaban J connectivity index is 1.18. The summed E-state index contributed by atoms with van der Waals surface area (Å²) in [4.78, 5) is 4.49. The molecule has 0 unspecified atom stereocenters. The van der Waals surface area contributed by atoms with Crippen LogP contribution in [-0.4, -0.2) is 4.98 Å². The van der Waals surface area contributed by atoms with E-state index >= 15 is 0 Å². The Bertz CT molecular complexity index is 3100. The van der Waals surface area contributed by atoms with Crippen LogP contribution in [0.2, 0.25) is 0 Å². The van der Waals surface area contributed by atoms with E-state index < -0.39 is 0 Å². The van der Waals surface area contributed by atoms with Gasteiger partial charge in [-0.2, -0.15) is 0 Å². The lowest BCUT2D eigenvalue weighted by Crippen LogP contribution is -1.91. The van der Waals surface area contributed by atoms with Crippen LogP contribution in [0.15, 0.2) is 188 Å². The normalized spacial score (nSPS) is 11.8. The predicted octanol–water partition coefficient (Wildman–Crippen LogP) is 14.7. The highest BCUT2D eigenvalue weighted by atomic mass is 32.1. The highest BCUT2D eigenvalue weighted by molar-refractivity contribution is 7.26. The van der Waals surface area contributed by atoms with Crippen LogP contribution in [0, 0.1) is 0 Å². The summed E-state index contributed by atoms with van der Waals surface area (Å²) in [5.74, 6) is 0. The zero-order valence-electron chi connectivity index (χ0n) is 28.8. The topological polar surface area (TPSA) is 12.9 Å². The zero-order valence-corrected chi connectivity index (χ0v) is 29.6. The Hall–Kier alpha value is -6.61. The minimum atomic E-state index is 1.13. The molecule has 11 rings (SSSR count). The molecule has 0 fully saturated rings. The van der Waals surface area contributed by atoms with E-state index in [4.69, 9.17) is 0 Å². The third-order valence-corrected chi connectivity index (χ3v) is 12.0. The van der Waals surface area contributed by atoms with Gasteiger partial charge in [-0.05, 0) is 100 Å². The standard InChI is InChI=1S/C51H31NS/c1-2-14-32(15-3-1)47-39-21-8-10-23-41(39)50(42-24-11-9-22-40(42)47)44-25-12-26-45-51(44)43-28-27-33(30-46(43)53-45)48-35-17-4-6-19-37(35)49(34-16-13-29-52-31-34)38-20-7-5-18-36(38)48/h1-31H. The van der Waals surface area contributed by atoms with Gasteiger partial charge in [-0.25, -0.2) is 0 Å². The van der Waals surface area contributed by atoms with E-state index in [0.717, 1.165) is 5.56 Å². The first-order valence-electron chi connectivity index (χ1n) is 18.1. The van der Waals surface area contributed by atoms with Crippen molar-refractivity contribution >= 4 is 74.6 Å². The van der Waals surface area contributed by atoms with E-state index in [2.05, 4.69) is 175 Å².